The number of hydrogen-bond donors (Lipinski definition) is 2. The first-order valence-corrected chi connectivity index (χ1v) is 6.00. The molecule has 3 rings (SSSR count). The molecule has 18 heavy (non-hydrogen) atoms. The van der Waals surface area contributed by atoms with Gasteiger partial charge in [0, 0.05) is 19.2 Å². The molecule has 0 spiro atoms. The third-order valence-electron chi connectivity index (χ3n) is 3.01. The summed E-state index contributed by atoms with van der Waals surface area (Å²) in [4.78, 5) is 7.05. The molecule has 0 aliphatic carbocycles. The van der Waals surface area contributed by atoms with Gasteiger partial charge in [-0.15, -0.1) is 0 Å². The van der Waals surface area contributed by atoms with Crippen molar-refractivity contribution in [3.63, 3.8) is 0 Å². The summed E-state index contributed by atoms with van der Waals surface area (Å²) in [7, 11) is 0. The molecule has 7 heteroatoms. The minimum absolute atomic E-state index is 0.0175. The van der Waals surface area contributed by atoms with Crippen molar-refractivity contribution in [2.75, 3.05) is 31.2 Å². The van der Waals surface area contributed by atoms with Crippen LogP contribution < -0.4 is 4.90 Å². The van der Waals surface area contributed by atoms with E-state index in [1.54, 1.807) is 4.90 Å². The number of fused-ring (bicyclic) bond motifs is 1. The number of H-pyrrole nitrogens is 2. The van der Waals surface area contributed by atoms with E-state index in [9.17, 15) is 8.78 Å². The quantitative estimate of drug-likeness (QED) is 0.782. The predicted octanol–water partition coefficient (Wildman–Crippen LogP) is 2.34. The van der Waals surface area contributed by atoms with Crippen LogP contribution in [0.1, 0.15) is 0 Å². The van der Waals surface area contributed by atoms with E-state index in [2.05, 4.69) is 9.97 Å². The second-order valence-corrected chi connectivity index (χ2v) is 4.53. The lowest BCUT2D eigenvalue weighted by Gasteiger charge is -2.29. The summed E-state index contributed by atoms with van der Waals surface area (Å²) in [6.45, 7) is 1.90. The topological polar surface area (TPSA) is 44.0 Å². The van der Waals surface area contributed by atoms with Crippen LogP contribution in [0.4, 0.5) is 14.5 Å². The van der Waals surface area contributed by atoms with Gasteiger partial charge in [0.15, 0.2) is 16.4 Å². The lowest BCUT2D eigenvalue weighted by atomic mass is 10.2. The monoisotopic (exact) mass is 271 g/mol. The van der Waals surface area contributed by atoms with Crippen LogP contribution in [0.5, 0.6) is 0 Å². The summed E-state index contributed by atoms with van der Waals surface area (Å²) in [6.07, 6.45) is 0. The molecule has 1 aromatic heterocycles. The average molecular weight is 271 g/mol. The fourth-order valence-electron chi connectivity index (χ4n) is 2.17. The molecule has 1 fully saturated rings. The summed E-state index contributed by atoms with van der Waals surface area (Å²) >= 11 is 4.88. The molecule has 4 nitrogen and oxygen atoms in total. The molecular weight excluding hydrogens is 260 g/mol. The van der Waals surface area contributed by atoms with Crippen LogP contribution in [-0.4, -0.2) is 36.3 Å². The normalized spacial score (nSPS) is 16.4. The van der Waals surface area contributed by atoms with Gasteiger partial charge in [-0.25, -0.2) is 8.78 Å². The first kappa shape index (κ1) is 11.6. The van der Waals surface area contributed by atoms with Gasteiger partial charge in [0.1, 0.15) is 11.2 Å². The van der Waals surface area contributed by atoms with Crippen LogP contribution in [0.25, 0.3) is 11.0 Å². The van der Waals surface area contributed by atoms with E-state index in [0.717, 1.165) is 0 Å². The number of anilines is 1. The molecule has 2 aromatic rings. The number of nitrogens with one attached hydrogen (secondary N) is 2. The van der Waals surface area contributed by atoms with Gasteiger partial charge in [0.2, 0.25) is 0 Å². The van der Waals surface area contributed by atoms with Gasteiger partial charge in [-0.3, -0.25) is 0 Å². The molecule has 96 valence electrons. The number of morpholine rings is 1. The highest BCUT2D eigenvalue weighted by atomic mass is 32.1. The Morgan fingerprint density at radius 3 is 2.67 bits per heavy atom. The number of halogens is 2. The lowest BCUT2D eigenvalue weighted by molar-refractivity contribution is 0.122. The van der Waals surface area contributed by atoms with Crippen molar-refractivity contribution in [2.24, 2.45) is 0 Å². The molecule has 1 aliphatic heterocycles. The number of benzene rings is 1. The van der Waals surface area contributed by atoms with Gasteiger partial charge in [-0.2, -0.15) is 0 Å². The van der Waals surface area contributed by atoms with Crippen molar-refractivity contribution in [3.05, 3.63) is 22.5 Å². The summed E-state index contributed by atoms with van der Waals surface area (Å²) in [6, 6.07) is 1.26. The van der Waals surface area contributed by atoms with E-state index in [1.807, 2.05) is 0 Å². The maximum atomic E-state index is 14.3. The Bertz CT molecular complexity index is 646. The molecule has 2 N–H and O–H groups in total. The number of aromatic nitrogens is 2. The van der Waals surface area contributed by atoms with Crippen molar-refractivity contribution in [1.29, 1.82) is 0 Å². The van der Waals surface area contributed by atoms with Gasteiger partial charge in [0.25, 0.3) is 0 Å². The molecule has 0 saturated carbocycles. The predicted molar refractivity (Wildman–Crippen MR) is 66.4 cm³/mol. The zero-order valence-corrected chi connectivity index (χ0v) is 10.2. The summed E-state index contributed by atoms with van der Waals surface area (Å²) in [5.74, 6) is -1.20. The Balaban J connectivity index is 2.18. The maximum absolute atomic E-state index is 14.3. The van der Waals surface area contributed by atoms with Crippen LogP contribution in [0.2, 0.25) is 0 Å². The summed E-state index contributed by atoms with van der Waals surface area (Å²) < 4.78 is 33.7. The Labute approximate surface area is 107 Å². The number of imidazole rings is 1. The van der Waals surface area contributed by atoms with Gasteiger partial charge >= 0.3 is 0 Å². The minimum atomic E-state index is -0.612. The minimum Gasteiger partial charge on any atom is -0.378 e. The Hall–Kier alpha value is -1.47. The van der Waals surface area contributed by atoms with E-state index in [0.29, 0.717) is 31.8 Å². The van der Waals surface area contributed by atoms with Gasteiger partial charge in [-0.05, 0) is 12.2 Å². The van der Waals surface area contributed by atoms with Crippen LogP contribution in [0, 0.1) is 16.4 Å². The maximum Gasteiger partial charge on any atom is 0.175 e. The third kappa shape index (κ3) is 1.79. The fraction of sp³-hybridized carbons (Fsp3) is 0.364. The van der Waals surface area contributed by atoms with Crippen LogP contribution in [-0.2, 0) is 4.74 Å². The highest BCUT2D eigenvalue weighted by molar-refractivity contribution is 7.71. The summed E-state index contributed by atoms with van der Waals surface area (Å²) in [5.41, 5.74) is 0.533. The van der Waals surface area contributed by atoms with E-state index in [1.165, 1.54) is 6.07 Å². The molecule has 2 heterocycles. The smallest absolute Gasteiger partial charge is 0.175 e. The van der Waals surface area contributed by atoms with E-state index in [4.69, 9.17) is 17.0 Å². The highest BCUT2D eigenvalue weighted by Crippen LogP contribution is 2.29. The summed E-state index contributed by atoms with van der Waals surface area (Å²) in [5, 5.41) is 0. The van der Waals surface area contributed by atoms with Crippen molar-refractivity contribution in [3.8, 4) is 0 Å². The zero-order valence-electron chi connectivity index (χ0n) is 9.43. The number of aromatic amines is 2. The second kappa shape index (κ2) is 4.33. The van der Waals surface area contributed by atoms with Crippen LogP contribution in [0.15, 0.2) is 6.07 Å². The van der Waals surface area contributed by atoms with Gasteiger partial charge in [0.05, 0.1) is 18.7 Å². The zero-order chi connectivity index (χ0) is 12.7. The molecule has 0 amide bonds. The van der Waals surface area contributed by atoms with Gasteiger partial charge in [-0.1, -0.05) is 0 Å². The number of hydrogen-bond acceptors (Lipinski definition) is 3. The molecule has 0 atom stereocenters. The number of nitrogens with zero attached hydrogens (tertiary/aromatic N) is 1. The largest absolute Gasteiger partial charge is 0.378 e. The lowest BCUT2D eigenvalue weighted by Crippen LogP contribution is -2.37. The van der Waals surface area contributed by atoms with Crippen molar-refractivity contribution < 1.29 is 13.5 Å². The molecule has 0 bridgehead atoms. The Morgan fingerprint density at radius 2 is 1.94 bits per heavy atom. The SMILES string of the molecule is Fc1cc2[nH]c(=S)[nH]c2c(F)c1N1CCOCC1. The number of ether oxygens (including phenoxy) is 1. The van der Waals surface area contributed by atoms with Crippen LogP contribution in [0.3, 0.4) is 0 Å². The molecule has 0 unspecified atom stereocenters. The molecule has 1 aliphatic rings. The van der Waals surface area contributed by atoms with Crippen molar-refractivity contribution in [2.45, 2.75) is 0 Å². The molecule has 0 radical (unpaired) electrons. The molecule has 1 aromatic carbocycles. The molecule has 1 saturated heterocycles. The van der Waals surface area contributed by atoms with E-state index in [-0.39, 0.29) is 16.0 Å². The first-order valence-electron chi connectivity index (χ1n) is 5.59. The Morgan fingerprint density at radius 1 is 1.22 bits per heavy atom. The highest BCUT2D eigenvalue weighted by Gasteiger charge is 2.22. The first-order chi connectivity index (χ1) is 8.66. The van der Waals surface area contributed by atoms with E-state index < -0.39 is 11.6 Å². The Kier molecular flexibility index (Phi) is 2.79. The second-order valence-electron chi connectivity index (χ2n) is 4.12. The van der Waals surface area contributed by atoms with Crippen molar-refractivity contribution in [1.82, 2.24) is 9.97 Å². The number of rotatable bonds is 1. The van der Waals surface area contributed by atoms with E-state index >= 15 is 0 Å². The standard InChI is InChI=1S/C11H11F2N3OS/c12-6-5-7-9(15-11(18)14-7)8(13)10(6)16-1-3-17-4-2-16/h5H,1-4H2,(H2,14,15,18). The third-order valence-corrected chi connectivity index (χ3v) is 3.21. The van der Waals surface area contributed by atoms with Gasteiger partial charge < -0.3 is 19.6 Å². The fourth-order valence-corrected chi connectivity index (χ4v) is 2.39. The van der Waals surface area contributed by atoms with Crippen molar-refractivity contribution >= 4 is 28.9 Å². The average Bonchev–Trinajstić information content (AvgIpc) is 2.71. The molecular formula is C11H11F2N3OS. The van der Waals surface area contributed by atoms with Crippen LogP contribution >= 0.6 is 12.2 Å².